The lowest BCUT2D eigenvalue weighted by molar-refractivity contribution is 1.14. The zero-order valence-electron chi connectivity index (χ0n) is 8.96. The highest BCUT2D eigenvalue weighted by atomic mass is 32.2. The van der Waals surface area contributed by atoms with E-state index < -0.39 is 0 Å². The van der Waals surface area contributed by atoms with Crippen molar-refractivity contribution in [2.24, 2.45) is 0 Å². The number of hydrogen-bond acceptors (Lipinski definition) is 6. The summed E-state index contributed by atoms with van der Waals surface area (Å²) in [6.07, 6.45) is 0. The largest absolute Gasteiger partial charge is 0.179 e. The highest BCUT2D eigenvalue weighted by Crippen LogP contribution is 2.24. The van der Waals surface area contributed by atoms with Gasteiger partial charge in [-0.25, -0.2) is 0 Å². The molecule has 0 heterocycles. The van der Waals surface area contributed by atoms with E-state index in [1.54, 1.807) is 0 Å². The van der Waals surface area contributed by atoms with Gasteiger partial charge in [0.2, 0.25) is 0 Å². The lowest BCUT2D eigenvalue weighted by Crippen LogP contribution is -2.13. The molecule has 15 heavy (non-hydrogen) atoms. The molecule has 0 N–H and O–H groups in total. The molecule has 0 rings (SSSR count). The van der Waals surface area contributed by atoms with Crippen molar-refractivity contribution in [1.82, 2.24) is 0 Å². The summed E-state index contributed by atoms with van der Waals surface area (Å²) in [5.74, 6) is 6.68. The van der Waals surface area contributed by atoms with Gasteiger partial charge in [0.15, 0.2) is 0 Å². The maximum atomic E-state index is 4.39. The second-order valence-corrected chi connectivity index (χ2v) is 8.90. The minimum absolute atomic E-state index is 0.444. The molecule has 0 aromatic rings. The van der Waals surface area contributed by atoms with E-state index >= 15 is 0 Å². The average molecular weight is 321 g/mol. The van der Waals surface area contributed by atoms with Gasteiger partial charge in [-0.3, -0.25) is 0 Å². The molecule has 2 atom stereocenters. The smallest absolute Gasteiger partial charge is 0.0444 e. The van der Waals surface area contributed by atoms with Gasteiger partial charge in [0.1, 0.15) is 0 Å². The van der Waals surface area contributed by atoms with E-state index in [2.05, 4.69) is 44.8 Å². The summed E-state index contributed by atoms with van der Waals surface area (Å²) in [4.78, 5) is 0. The van der Waals surface area contributed by atoms with Crippen molar-refractivity contribution < 1.29 is 0 Å². The fraction of sp³-hybridized carbons (Fsp3) is 1.00. The molecule has 2 unspecified atom stereocenters. The van der Waals surface area contributed by atoms with Crippen molar-refractivity contribution in [3.63, 3.8) is 0 Å². The van der Waals surface area contributed by atoms with Crippen LogP contribution >= 0.6 is 73.2 Å². The monoisotopic (exact) mass is 320 g/mol. The van der Waals surface area contributed by atoms with Crippen LogP contribution in [-0.4, -0.2) is 44.3 Å². The highest BCUT2D eigenvalue weighted by Gasteiger charge is 2.10. The van der Waals surface area contributed by atoms with E-state index in [1.807, 2.05) is 35.3 Å². The van der Waals surface area contributed by atoms with Crippen molar-refractivity contribution in [3.8, 4) is 0 Å². The average Bonchev–Trinajstić information content (AvgIpc) is 2.21. The Morgan fingerprint density at radius 2 is 1.67 bits per heavy atom. The van der Waals surface area contributed by atoms with Gasteiger partial charge in [0.05, 0.1) is 0 Å². The van der Waals surface area contributed by atoms with Gasteiger partial charge in [-0.2, -0.15) is 61.4 Å². The van der Waals surface area contributed by atoms with Gasteiger partial charge in [-0.05, 0) is 18.4 Å². The predicted molar refractivity (Wildman–Crippen MR) is 92.2 cm³/mol. The fourth-order valence-electron chi connectivity index (χ4n) is 0.890. The Balaban J connectivity index is 3.63. The molecule has 0 radical (unpaired) electrons. The zero-order valence-corrected chi connectivity index (χ0v) is 14.1. The van der Waals surface area contributed by atoms with Crippen molar-refractivity contribution in [2.75, 3.05) is 34.5 Å². The third kappa shape index (κ3) is 12.3. The third-order valence-corrected chi connectivity index (χ3v) is 6.88. The zero-order chi connectivity index (χ0) is 11.5. The Morgan fingerprint density at radius 1 is 1.00 bits per heavy atom. The van der Waals surface area contributed by atoms with E-state index in [9.17, 15) is 0 Å². The first-order valence-corrected chi connectivity index (χ1v) is 9.94. The summed E-state index contributed by atoms with van der Waals surface area (Å²) in [6.45, 7) is 2.13. The van der Waals surface area contributed by atoms with Crippen LogP contribution in [-0.2, 0) is 0 Å². The summed E-state index contributed by atoms with van der Waals surface area (Å²) < 4.78 is 0.444. The van der Waals surface area contributed by atoms with Gasteiger partial charge in [0, 0.05) is 32.8 Å². The first-order valence-electron chi connectivity index (χ1n) is 4.91. The van der Waals surface area contributed by atoms with Crippen molar-refractivity contribution >= 4 is 73.2 Å². The Bertz CT molecular complexity index is 130. The van der Waals surface area contributed by atoms with E-state index in [1.165, 1.54) is 11.5 Å². The molecular weight excluding hydrogens is 301 g/mol. The molecule has 0 spiro atoms. The summed E-state index contributed by atoms with van der Waals surface area (Å²) in [6, 6.07) is 0. The van der Waals surface area contributed by atoms with Gasteiger partial charge in [0.25, 0.3) is 0 Å². The number of rotatable bonds is 10. The molecule has 92 valence electrons. The lowest BCUT2D eigenvalue weighted by atomic mass is 10.5. The van der Waals surface area contributed by atoms with E-state index in [4.69, 9.17) is 0 Å². The molecule has 0 saturated carbocycles. The van der Waals surface area contributed by atoms with Crippen molar-refractivity contribution in [2.45, 2.75) is 16.8 Å². The number of thiol groups is 3. The molecule has 6 heteroatoms. The molecule has 0 nitrogen and oxygen atoms in total. The Kier molecular flexibility index (Phi) is 14.3. The number of thioether (sulfide) groups is 3. The fourth-order valence-corrected chi connectivity index (χ4v) is 5.02. The second kappa shape index (κ2) is 12.6. The predicted octanol–water partition coefficient (Wildman–Crippen LogP) is 3.69. The summed E-state index contributed by atoms with van der Waals surface area (Å²) in [5, 5.41) is 0.738. The van der Waals surface area contributed by atoms with E-state index in [-0.39, 0.29) is 0 Å². The molecule has 0 saturated heterocycles. The SMILES string of the molecule is CC(S)SCC(CSCCS)SCCS. The summed E-state index contributed by atoms with van der Waals surface area (Å²) in [5.41, 5.74) is 0. The standard InChI is InChI=1S/C9H20S6/c1-8(12)15-7-9(14-5-3-11)6-13-4-2-10/h8-12H,2-7H2,1H3. The topological polar surface area (TPSA) is 0 Å². The van der Waals surface area contributed by atoms with Crippen LogP contribution < -0.4 is 0 Å². The molecular formula is C9H20S6. The molecule has 0 aliphatic carbocycles. The molecule has 0 aromatic heterocycles. The van der Waals surface area contributed by atoms with Gasteiger partial charge >= 0.3 is 0 Å². The van der Waals surface area contributed by atoms with Crippen LogP contribution in [0.5, 0.6) is 0 Å². The van der Waals surface area contributed by atoms with Gasteiger partial charge < -0.3 is 0 Å². The summed E-state index contributed by atoms with van der Waals surface area (Å²) >= 11 is 18.8. The first kappa shape index (κ1) is 17.1. The van der Waals surface area contributed by atoms with Crippen LogP contribution in [0.3, 0.4) is 0 Å². The normalized spacial score (nSPS) is 15.2. The van der Waals surface area contributed by atoms with Crippen molar-refractivity contribution in [1.29, 1.82) is 0 Å². The lowest BCUT2D eigenvalue weighted by Gasteiger charge is -2.16. The van der Waals surface area contributed by atoms with Gasteiger partial charge in [-0.1, -0.05) is 0 Å². The second-order valence-electron chi connectivity index (χ2n) is 2.95. The maximum absolute atomic E-state index is 4.39. The van der Waals surface area contributed by atoms with Crippen LogP contribution in [0.4, 0.5) is 0 Å². The van der Waals surface area contributed by atoms with Crippen LogP contribution in [0, 0.1) is 0 Å². The van der Waals surface area contributed by atoms with Crippen LogP contribution in [0.15, 0.2) is 0 Å². The van der Waals surface area contributed by atoms with Crippen molar-refractivity contribution in [3.05, 3.63) is 0 Å². The van der Waals surface area contributed by atoms with E-state index in [0.717, 1.165) is 28.3 Å². The quantitative estimate of drug-likeness (QED) is 0.319. The Hall–Kier alpha value is 2.10. The van der Waals surface area contributed by atoms with Crippen LogP contribution in [0.25, 0.3) is 0 Å². The van der Waals surface area contributed by atoms with Crippen LogP contribution in [0.1, 0.15) is 6.92 Å². The maximum Gasteiger partial charge on any atom is 0.0444 e. The summed E-state index contributed by atoms with van der Waals surface area (Å²) in [7, 11) is 0. The molecule has 0 fully saturated rings. The minimum atomic E-state index is 0.444. The molecule has 0 aromatic carbocycles. The Labute approximate surface area is 123 Å². The molecule has 0 bridgehead atoms. The highest BCUT2D eigenvalue weighted by molar-refractivity contribution is 8.11. The first-order chi connectivity index (χ1) is 7.20. The molecule has 0 amide bonds. The van der Waals surface area contributed by atoms with Gasteiger partial charge in [-0.15, -0.1) is 11.8 Å². The van der Waals surface area contributed by atoms with Crippen LogP contribution in [0.2, 0.25) is 0 Å². The third-order valence-electron chi connectivity index (χ3n) is 1.51. The number of hydrogen-bond donors (Lipinski definition) is 3. The van der Waals surface area contributed by atoms with E-state index in [0.29, 0.717) is 4.58 Å². The molecule has 0 aliphatic heterocycles. The Morgan fingerprint density at radius 3 is 2.20 bits per heavy atom. The minimum Gasteiger partial charge on any atom is -0.179 e. The molecule has 0 aliphatic rings.